The summed E-state index contributed by atoms with van der Waals surface area (Å²) in [6.07, 6.45) is 7.66. The lowest BCUT2D eigenvalue weighted by atomic mass is 9.95. The van der Waals surface area contributed by atoms with Crippen molar-refractivity contribution in [2.24, 2.45) is 5.92 Å². The molecule has 3 atom stereocenters. The Labute approximate surface area is 148 Å². The van der Waals surface area contributed by atoms with Crippen LogP contribution in [0.1, 0.15) is 37.3 Å². The number of amides is 2. The van der Waals surface area contributed by atoms with Gasteiger partial charge in [0.15, 0.2) is 0 Å². The van der Waals surface area contributed by atoms with Crippen LogP contribution in [0.15, 0.2) is 36.9 Å². The molecule has 25 heavy (non-hydrogen) atoms. The zero-order valence-electron chi connectivity index (χ0n) is 14.6. The molecule has 2 aliphatic carbocycles. The third-order valence-electron chi connectivity index (χ3n) is 5.77. The molecule has 1 heterocycles. The van der Waals surface area contributed by atoms with Gasteiger partial charge in [0.2, 0.25) is 0 Å². The minimum atomic E-state index is -0.0700. The van der Waals surface area contributed by atoms with Gasteiger partial charge in [-0.1, -0.05) is 24.3 Å². The van der Waals surface area contributed by atoms with Crippen LogP contribution in [0.25, 0.3) is 0 Å². The van der Waals surface area contributed by atoms with Crippen molar-refractivity contribution in [3.63, 3.8) is 0 Å². The Morgan fingerprint density at radius 2 is 2.32 bits per heavy atom. The van der Waals surface area contributed by atoms with Crippen molar-refractivity contribution in [3.05, 3.63) is 48.0 Å². The topological polar surface area (TPSA) is 71.8 Å². The van der Waals surface area contributed by atoms with Gasteiger partial charge >= 0.3 is 6.03 Å². The summed E-state index contributed by atoms with van der Waals surface area (Å²) in [7, 11) is 0. The summed E-state index contributed by atoms with van der Waals surface area (Å²) < 4.78 is 1.78. The molecule has 2 aromatic rings. The number of benzene rings is 1. The lowest BCUT2D eigenvalue weighted by Crippen LogP contribution is -2.42. The lowest BCUT2D eigenvalue weighted by Gasteiger charge is -2.16. The zero-order valence-corrected chi connectivity index (χ0v) is 14.6. The number of rotatable bonds is 6. The molecule has 4 rings (SSSR count). The molecule has 0 saturated heterocycles. The minimum absolute atomic E-state index is 0.0700. The van der Waals surface area contributed by atoms with Crippen LogP contribution < -0.4 is 10.6 Å². The number of hydrogen-bond donors (Lipinski definition) is 2. The van der Waals surface area contributed by atoms with Crippen LogP contribution >= 0.6 is 0 Å². The van der Waals surface area contributed by atoms with E-state index in [4.69, 9.17) is 0 Å². The highest BCUT2D eigenvalue weighted by Crippen LogP contribution is 2.61. The SMILES string of the molecule is C[C@H](CCn1cncn1)NC(=O)NC[C@@H]1C[C@@]12CCc1ccccc12. The molecule has 1 saturated carbocycles. The predicted molar refractivity (Wildman–Crippen MR) is 95.2 cm³/mol. The second-order valence-electron chi connectivity index (χ2n) is 7.42. The summed E-state index contributed by atoms with van der Waals surface area (Å²) in [5, 5.41) is 10.1. The number of aryl methyl sites for hydroxylation is 2. The predicted octanol–water partition coefficient (Wildman–Crippen LogP) is 2.26. The van der Waals surface area contributed by atoms with E-state index in [0.717, 1.165) is 19.5 Å². The molecule has 0 aliphatic heterocycles. The maximum Gasteiger partial charge on any atom is 0.315 e. The Bertz CT molecular complexity index is 744. The molecule has 1 spiro atoms. The largest absolute Gasteiger partial charge is 0.338 e. The third-order valence-corrected chi connectivity index (χ3v) is 5.77. The molecule has 0 radical (unpaired) electrons. The highest BCUT2D eigenvalue weighted by atomic mass is 16.2. The number of aromatic nitrogens is 3. The molecule has 1 aromatic carbocycles. The van der Waals surface area contributed by atoms with Crippen LogP contribution in [0, 0.1) is 5.92 Å². The van der Waals surface area contributed by atoms with E-state index in [1.54, 1.807) is 11.0 Å². The van der Waals surface area contributed by atoms with Crippen LogP contribution in [-0.2, 0) is 18.4 Å². The minimum Gasteiger partial charge on any atom is -0.338 e. The van der Waals surface area contributed by atoms with E-state index in [2.05, 4.69) is 45.0 Å². The molecule has 2 N–H and O–H groups in total. The maximum atomic E-state index is 12.1. The molecule has 0 bridgehead atoms. The van der Waals surface area contributed by atoms with Crippen molar-refractivity contribution in [1.29, 1.82) is 0 Å². The van der Waals surface area contributed by atoms with Crippen LogP contribution in [0.2, 0.25) is 0 Å². The Morgan fingerprint density at radius 3 is 3.16 bits per heavy atom. The van der Waals surface area contributed by atoms with Crippen molar-refractivity contribution in [2.75, 3.05) is 6.54 Å². The molecular weight excluding hydrogens is 314 g/mol. The highest BCUT2D eigenvalue weighted by molar-refractivity contribution is 5.74. The average molecular weight is 339 g/mol. The fourth-order valence-corrected chi connectivity index (χ4v) is 4.24. The monoisotopic (exact) mass is 339 g/mol. The third kappa shape index (κ3) is 3.25. The second-order valence-corrected chi connectivity index (χ2v) is 7.42. The Balaban J connectivity index is 1.21. The molecule has 1 aromatic heterocycles. The molecule has 6 heteroatoms. The zero-order chi connectivity index (χ0) is 17.3. The van der Waals surface area contributed by atoms with Crippen LogP contribution in [0.5, 0.6) is 0 Å². The first kappa shape index (κ1) is 16.1. The Morgan fingerprint density at radius 1 is 1.44 bits per heavy atom. The van der Waals surface area contributed by atoms with Gasteiger partial charge in [0, 0.05) is 24.5 Å². The van der Waals surface area contributed by atoms with Crippen molar-refractivity contribution in [3.8, 4) is 0 Å². The first-order chi connectivity index (χ1) is 12.2. The van der Waals surface area contributed by atoms with E-state index in [0.29, 0.717) is 11.3 Å². The summed E-state index contributed by atoms with van der Waals surface area (Å²) in [4.78, 5) is 16.1. The number of carbonyl (C=O) groups excluding carboxylic acids is 1. The van der Waals surface area contributed by atoms with Gasteiger partial charge < -0.3 is 10.6 Å². The number of nitrogens with zero attached hydrogens (tertiary/aromatic N) is 3. The van der Waals surface area contributed by atoms with Gasteiger partial charge in [-0.2, -0.15) is 5.10 Å². The number of hydrogen-bond acceptors (Lipinski definition) is 3. The first-order valence-corrected chi connectivity index (χ1v) is 9.12. The fourth-order valence-electron chi connectivity index (χ4n) is 4.24. The van der Waals surface area contributed by atoms with Crippen LogP contribution in [0.4, 0.5) is 4.79 Å². The quantitative estimate of drug-likeness (QED) is 0.848. The molecule has 2 amide bonds. The van der Waals surface area contributed by atoms with Crippen LogP contribution in [0.3, 0.4) is 0 Å². The maximum absolute atomic E-state index is 12.1. The van der Waals surface area contributed by atoms with Gasteiger partial charge in [0.1, 0.15) is 12.7 Å². The standard InChI is InChI=1S/C19H25N5O/c1-14(7-9-24-13-20-12-22-24)23-18(25)21-11-16-10-19(16)8-6-15-4-2-3-5-17(15)19/h2-5,12-14,16H,6-11H2,1H3,(H2,21,23,25)/t14-,16+,19+/m1/s1. The van der Waals surface area contributed by atoms with E-state index in [-0.39, 0.29) is 12.1 Å². The number of nitrogens with one attached hydrogen (secondary N) is 2. The van der Waals surface area contributed by atoms with Crippen LogP contribution in [-0.4, -0.2) is 33.4 Å². The average Bonchev–Trinajstić information content (AvgIpc) is 2.95. The van der Waals surface area contributed by atoms with Gasteiger partial charge in [-0.05, 0) is 49.7 Å². The molecule has 2 aliphatic rings. The van der Waals surface area contributed by atoms with E-state index < -0.39 is 0 Å². The lowest BCUT2D eigenvalue weighted by molar-refractivity contribution is 0.236. The first-order valence-electron chi connectivity index (χ1n) is 9.12. The Kier molecular flexibility index (Phi) is 4.19. The summed E-state index contributed by atoms with van der Waals surface area (Å²) in [6.45, 7) is 3.53. The second kappa shape index (κ2) is 6.50. The van der Waals surface area contributed by atoms with Gasteiger partial charge in [0.25, 0.3) is 0 Å². The molecule has 1 fully saturated rings. The fraction of sp³-hybridized carbons (Fsp3) is 0.526. The van der Waals surface area contributed by atoms with Crippen molar-refractivity contribution < 1.29 is 4.79 Å². The molecule has 6 nitrogen and oxygen atoms in total. The van der Waals surface area contributed by atoms with Crippen molar-refractivity contribution >= 4 is 6.03 Å². The highest BCUT2D eigenvalue weighted by Gasteiger charge is 2.57. The Hall–Kier alpha value is -2.37. The summed E-state index contributed by atoms with van der Waals surface area (Å²) in [5.41, 5.74) is 3.35. The van der Waals surface area contributed by atoms with Gasteiger partial charge in [-0.3, -0.25) is 4.68 Å². The number of fused-ring (bicyclic) bond motifs is 2. The summed E-state index contributed by atoms with van der Waals surface area (Å²) in [5.74, 6) is 0.576. The molecule has 132 valence electrons. The normalized spacial score (nSPS) is 24.8. The van der Waals surface area contributed by atoms with Gasteiger partial charge in [-0.25, -0.2) is 9.78 Å². The number of carbonyl (C=O) groups is 1. The molecule has 0 unspecified atom stereocenters. The van der Waals surface area contributed by atoms with Crippen molar-refractivity contribution in [2.45, 2.75) is 50.6 Å². The van der Waals surface area contributed by atoms with E-state index >= 15 is 0 Å². The summed E-state index contributed by atoms with van der Waals surface area (Å²) in [6, 6.07) is 8.81. The van der Waals surface area contributed by atoms with E-state index in [1.165, 1.54) is 36.7 Å². The van der Waals surface area contributed by atoms with Gasteiger partial charge in [-0.15, -0.1) is 0 Å². The summed E-state index contributed by atoms with van der Waals surface area (Å²) >= 11 is 0. The van der Waals surface area contributed by atoms with Gasteiger partial charge in [0.05, 0.1) is 0 Å². The van der Waals surface area contributed by atoms with E-state index in [1.807, 2.05) is 6.92 Å². The number of urea groups is 1. The van der Waals surface area contributed by atoms with Crippen molar-refractivity contribution in [1.82, 2.24) is 25.4 Å². The van der Waals surface area contributed by atoms with E-state index in [9.17, 15) is 4.79 Å². The molecular formula is C19H25N5O. The smallest absolute Gasteiger partial charge is 0.315 e.